The number of carbonyl (C=O) groups is 5. The van der Waals surface area contributed by atoms with Gasteiger partial charge in [0.1, 0.15) is 12.1 Å². The van der Waals surface area contributed by atoms with Crippen LogP contribution in [0.5, 0.6) is 0 Å². The number of alkyl carbamates (subject to hydrolysis) is 1. The molecule has 4 amide bonds. The van der Waals surface area contributed by atoms with E-state index in [-0.39, 0.29) is 24.8 Å². The van der Waals surface area contributed by atoms with E-state index in [0.717, 1.165) is 12.8 Å². The van der Waals surface area contributed by atoms with Crippen LogP contribution in [0.25, 0.3) is 0 Å². The van der Waals surface area contributed by atoms with E-state index < -0.39 is 70.3 Å². The summed E-state index contributed by atoms with van der Waals surface area (Å²) < 4.78 is 44.5. The first kappa shape index (κ1) is 33.3. The number of rotatable bonds is 9. The van der Waals surface area contributed by atoms with Gasteiger partial charge in [-0.2, -0.15) is 13.2 Å². The van der Waals surface area contributed by atoms with Gasteiger partial charge in [-0.25, -0.2) is 4.79 Å². The predicted molar refractivity (Wildman–Crippen MR) is 140 cm³/mol. The van der Waals surface area contributed by atoms with Crippen LogP contribution in [-0.4, -0.2) is 70.9 Å². The number of alkyl halides is 3. The molecule has 1 saturated carbocycles. The van der Waals surface area contributed by atoms with Crippen LogP contribution in [0.4, 0.5) is 18.0 Å². The smallest absolute Gasteiger partial charge is 0.427 e. The minimum Gasteiger partial charge on any atom is -0.434 e. The topological polar surface area (TPSA) is 148 Å². The molecule has 0 aromatic rings. The number of hydrogen-bond donors (Lipinski definition) is 3. The molecule has 13 heteroatoms. The molecule has 1 aliphatic carbocycles. The SMILES string of the molecule is CC(C)(C)C1CCN(C(=O)[C@@H](NC(=O)OC(C)(C)C(F)(F)F)C(C)(C)C)[C@@H]1C(=O)N[C@H](CC1CC1)C(=O)C(N)=O. The van der Waals surface area contributed by atoms with E-state index in [1.165, 1.54) is 4.90 Å². The van der Waals surface area contributed by atoms with Gasteiger partial charge in [-0.1, -0.05) is 54.4 Å². The second-order valence-electron chi connectivity index (χ2n) is 13.5. The molecule has 2 rings (SSSR count). The molecule has 0 spiro atoms. The van der Waals surface area contributed by atoms with Crippen molar-refractivity contribution >= 4 is 29.6 Å². The third-order valence-electron chi connectivity index (χ3n) is 7.61. The maximum Gasteiger partial charge on any atom is 0.427 e. The highest BCUT2D eigenvalue weighted by atomic mass is 19.4. The van der Waals surface area contributed by atoms with E-state index in [0.29, 0.717) is 20.3 Å². The third kappa shape index (κ3) is 8.09. The Balaban J connectivity index is 2.37. The number of ether oxygens (including phenoxy) is 1. The van der Waals surface area contributed by atoms with Gasteiger partial charge in [-0.05, 0) is 49.4 Å². The number of nitrogens with two attached hydrogens (primary N) is 1. The fourth-order valence-corrected chi connectivity index (χ4v) is 4.87. The Morgan fingerprint density at radius 1 is 0.925 bits per heavy atom. The molecule has 2 fully saturated rings. The number of nitrogens with one attached hydrogen (secondary N) is 2. The zero-order valence-electron chi connectivity index (χ0n) is 24.5. The number of hydrogen-bond acceptors (Lipinski definition) is 6. The van der Waals surface area contributed by atoms with E-state index in [1.54, 1.807) is 20.8 Å². The maximum atomic E-state index is 13.9. The molecular weight excluding hydrogens is 533 g/mol. The average molecular weight is 577 g/mol. The fraction of sp³-hybridized carbons (Fsp3) is 0.815. The summed E-state index contributed by atoms with van der Waals surface area (Å²) >= 11 is 0. The number of halogens is 3. The molecule has 0 radical (unpaired) electrons. The van der Waals surface area contributed by atoms with Gasteiger partial charge < -0.3 is 26.0 Å². The van der Waals surface area contributed by atoms with Gasteiger partial charge in [-0.15, -0.1) is 0 Å². The summed E-state index contributed by atoms with van der Waals surface area (Å²) in [5.41, 5.74) is 0.968. The highest BCUT2D eigenvalue weighted by Gasteiger charge is 2.53. The minimum absolute atomic E-state index is 0.132. The molecule has 1 heterocycles. The molecule has 1 saturated heterocycles. The van der Waals surface area contributed by atoms with Crippen molar-refractivity contribution in [3.8, 4) is 0 Å². The minimum atomic E-state index is -4.84. The van der Waals surface area contributed by atoms with Crippen molar-refractivity contribution in [3.63, 3.8) is 0 Å². The van der Waals surface area contributed by atoms with Gasteiger partial charge in [0.2, 0.25) is 23.2 Å². The lowest BCUT2D eigenvalue weighted by molar-refractivity contribution is -0.244. The van der Waals surface area contributed by atoms with Crippen LogP contribution in [0.15, 0.2) is 0 Å². The quantitative estimate of drug-likeness (QED) is 0.360. The summed E-state index contributed by atoms with van der Waals surface area (Å²) in [5, 5.41) is 4.93. The Morgan fingerprint density at radius 2 is 1.48 bits per heavy atom. The van der Waals surface area contributed by atoms with Crippen molar-refractivity contribution in [2.45, 2.75) is 111 Å². The largest absolute Gasteiger partial charge is 0.434 e. The second-order valence-corrected chi connectivity index (χ2v) is 13.5. The number of ketones is 1. The van der Waals surface area contributed by atoms with E-state index in [9.17, 15) is 37.1 Å². The number of nitrogens with zero attached hydrogens (tertiary/aromatic N) is 1. The molecular formula is C27H43F3N4O6. The fourth-order valence-electron chi connectivity index (χ4n) is 4.87. The third-order valence-corrected chi connectivity index (χ3v) is 7.61. The normalized spacial score (nSPS) is 21.8. The van der Waals surface area contributed by atoms with E-state index in [1.807, 2.05) is 20.8 Å². The lowest BCUT2D eigenvalue weighted by atomic mass is 9.75. The molecule has 1 unspecified atom stereocenters. The Labute approximate surface area is 233 Å². The van der Waals surface area contributed by atoms with Crippen molar-refractivity contribution in [3.05, 3.63) is 0 Å². The zero-order valence-corrected chi connectivity index (χ0v) is 24.5. The van der Waals surface area contributed by atoms with Crippen molar-refractivity contribution in [2.75, 3.05) is 6.54 Å². The summed E-state index contributed by atoms with van der Waals surface area (Å²) in [5.74, 6) is -3.60. The highest BCUT2D eigenvalue weighted by Crippen LogP contribution is 2.40. The van der Waals surface area contributed by atoms with E-state index in [4.69, 9.17) is 5.73 Å². The molecule has 0 bridgehead atoms. The van der Waals surface area contributed by atoms with Gasteiger partial charge in [0, 0.05) is 6.54 Å². The van der Waals surface area contributed by atoms with Crippen LogP contribution >= 0.6 is 0 Å². The maximum absolute atomic E-state index is 13.9. The Hall–Kier alpha value is -2.86. The summed E-state index contributed by atoms with van der Waals surface area (Å²) in [6, 6.07) is -3.54. The molecule has 0 aromatic carbocycles. The Morgan fingerprint density at radius 3 is 1.90 bits per heavy atom. The highest BCUT2D eigenvalue weighted by molar-refractivity contribution is 6.37. The molecule has 4 atom stereocenters. The first-order valence-corrected chi connectivity index (χ1v) is 13.5. The number of Topliss-reactive ketones (excluding diaryl/α,β-unsaturated/α-hetero) is 1. The monoisotopic (exact) mass is 576 g/mol. The van der Waals surface area contributed by atoms with Crippen molar-refractivity contribution in [1.82, 2.24) is 15.5 Å². The van der Waals surface area contributed by atoms with E-state index in [2.05, 4.69) is 15.4 Å². The van der Waals surface area contributed by atoms with Crippen molar-refractivity contribution in [2.24, 2.45) is 28.4 Å². The molecule has 1 aliphatic heterocycles. The Kier molecular flexibility index (Phi) is 9.63. The van der Waals surface area contributed by atoms with Gasteiger partial charge in [0.25, 0.3) is 5.91 Å². The van der Waals surface area contributed by atoms with Crippen LogP contribution < -0.4 is 16.4 Å². The van der Waals surface area contributed by atoms with Crippen LogP contribution in [0, 0.1) is 22.7 Å². The molecule has 2 aliphatic rings. The average Bonchev–Trinajstić information content (AvgIpc) is 3.46. The molecule has 10 nitrogen and oxygen atoms in total. The summed E-state index contributed by atoms with van der Waals surface area (Å²) in [6.45, 7) is 12.1. The van der Waals surface area contributed by atoms with Crippen molar-refractivity contribution < 1.29 is 41.9 Å². The van der Waals surface area contributed by atoms with Gasteiger partial charge >= 0.3 is 12.3 Å². The predicted octanol–water partition coefficient (Wildman–Crippen LogP) is 3.07. The Bertz CT molecular complexity index is 1010. The van der Waals surface area contributed by atoms with Crippen LogP contribution in [0.3, 0.4) is 0 Å². The summed E-state index contributed by atoms with van der Waals surface area (Å²) in [4.78, 5) is 65.6. The molecule has 0 aromatic heterocycles. The van der Waals surface area contributed by atoms with Crippen LogP contribution in [0.2, 0.25) is 0 Å². The molecule has 228 valence electrons. The lowest BCUT2D eigenvalue weighted by Crippen LogP contribution is -2.61. The first-order valence-electron chi connectivity index (χ1n) is 13.5. The van der Waals surface area contributed by atoms with Crippen LogP contribution in [-0.2, 0) is 23.9 Å². The van der Waals surface area contributed by atoms with E-state index >= 15 is 0 Å². The number of carbonyl (C=O) groups excluding carboxylic acids is 5. The lowest BCUT2D eigenvalue weighted by Gasteiger charge is -2.39. The first-order chi connectivity index (χ1) is 18.0. The van der Waals surface area contributed by atoms with Crippen LogP contribution in [0.1, 0.15) is 81.1 Å². The van der Waals surface area contributed by atoms with Crippen molar-refractivity contribution in [1.29, 1.82) is 0 Å². The molecule has 4 N–H and O–H groups in total. The summed E-state index contributed by atoms with van der Waals surface area (Å²) in [6.07, 6.45) is -3.88. The second kappa shape index (κ2) is 11.6. The van der Waals surface area contributed by atoms with Gasteiger partial charge in [0.15, 0.2) is 0 Å². The number of likely N-dealkylation sites (tertiary alicyclic amines) is 1. The van der Waals surface area contributed by atoms with Gasteiger partial charge in [-0.3, -0.25) is 19.2 Å². The summed E-state index contributed by atoms with van der Waals surface area (Å²) in [7, 11) is 0. The number of primary amides is 1. The standard InChI is InChI=1S/C27H43F3N4O6/c1-24(2,3)15-11-12-34(17(15)21(37)32-16(13-14-9-10-14)18(35)20(31)36)22(38)19(25(4,5)6)33-23(39)40-26(7,8)27(28,29)30/h14-17,19H,9-13H2,1-8H3,(H2,31,36)(H,32,37)(H,33,39)/t15?,16-,17+,19-/m1/s1. The van der Waals surface area contributed by atoms with Gasteiger partial charge in [0.05, 0.1) is 6.04 Å². The molecule has 40 heavy (non-hydrogen) atoms. The zero-order chi connectivity index (χ0) is 31.0. The number of amides is 4.